The highest BCUT2D eigenvalue weighted by Crippen LogP contribution is 2.51. The van der Waals surface area contributed by atoms with E-state index < -0.39 is 0 Å². The second-order valence-corrected chi connectivity index (χ2v) is 17.2. The predicted octanol–water partition coefficient (Wildman–Crippen LogP) is 16.1. The lowest BCUT2D eigenvalue weighted by atomic mass is 9.91. The third-order valence-corrected chi connectivity index (χ3v) is 13.9. The number of para-hydroxylation sites is 3. The normalized spacial score (nSPS) is 15.3. The van der Waals surface area contributed by atoms with Gasteiger partial charge in [0, 0.05) is 49.3 Å². The molecule has 12 rings (SSSR count). The van der Waals surface area contributed by atoms with Gasteiger partial charge in [-0.1, -0.05) is 176 Å². The van der Waals surface area contributed by atoms with Gasteiger partial charge in [0.2, 0.25) is 0 Å². The maximum absolute atomic E-state index is 2.49. The summed E-state index contributed by atoms with van der Waals surface area (Å²) >= 11 is 1.98. The molecular weight excluding hydrogens is 757 g/mol. The Morgan fingerprint density at radius 3 is 1.87 bits per heavy atom. The Labute approximate surface area is 360 Å². The molecule has 0 spiro atoms. The van der Waals surface area contributed by atoms with Gasteiger partial charge in [0.05, 0.1) is 22.4 Å². The summed E-state index contributed by atoms with van der Waals surface area (Å²) in [5, 5.41) is 5.43. The van der Waals surface area contributed by atoms with Crippen LogP contribution in [0, 0.1) is 0 Å². The predicted molar refractivity (Wildman–Crippen MR) is 260 cm³/mol. The van der Waals surface area contributed by atoms with Gasteiger partial charge in [-0.15, -0.1) is 11.8 Å². The molecule has 0 amide bonds. The Morgan fingerprint density at radius 1 is 0.426 bits per heavy atom. The minimum atomic E-state index is 0.349. The number of aromatic nitrogens is 1. The van der Waals surface area contributed by atoms with E-state index in [0.717, 1.165) is 17.1 Å². The van der Waals surface area contributed by atoms with Gasteiger partial charge in [-0.05, 0) is 93.2 Å². The van der Waals surface area contributed by atoms with Crippen molar-refractivity contribution >= 4 is 61.4 Å². The molecule has 2 unspecified atom stereocenters. The van der Waals surface area contributed by atoms with E-state index in [1.54, 1.807) is 0 Å². The molecule has 2 heterocycles. The highest BCUT2D eigenvalue weighted by molar-refractivity contribution is 8.00. The number of thioether (sulfide) groups is 1. The molecule has 0 saturated heterocycles. The van der Waals surface area contributed by atoms with Crippen LogP contribution < -0.4 is 4.90 Å². The van der Waals surface area contributed by atoms with Gasteiger partial charge >= 0.3 is 0 Å². The number of allylic oxidation sites excluding steroid dienone is 3. The van der Waals surface area contributed by atoms with Crippen molar-refractivity contribution in [1.82, 2.24) is 4.57 Å². The minimum Gasteiger partial charge on any atom is -0.310 e. The van der Waals surface area contributed by atoms with Crippen LogP contribution >= 0.6 is 11.8 Å². The van der Waals surface area contributed by atoms with Gasteiger partial charge in [0.25, 0.3) is 0 Å². The number of hydrogen-bond donors (Lipinski definition) is 0. The van der Waals surface area contributed by atoms with Crippen LogP contribution in [0.25, 0.3) is 71.6 Å². The van der Waals surface area contributed by atoms with E-state index in [9.17, 15) is 0 Å². The molecule has 0 fully saturated rings. The third kappa shape index (κ3) is 6.04. The van der Waals surface area contributed by atoms with E-state index in [-0.39, 0.29) is 0 Å². The van der Waals surface area contributed by atoms with Crippen LogP contribution in [0.3, 0.4) is 0 Å². The van der Waals surface area contributed by atoms with Gasteiger partial charge in [0.1, 0.15) is 0 Å². The zero-order valence-corrected chi connectivity index (χ0v) is 34.2. The van der Waals surface area contributed by atoms with E-state index >= 15 is 0 Å². The first kappa shape index (κ1) is 35.6. The van der Waals surface area contributed by atoms with E-state index in [1.807, 2.05) is 11.8 Å². The van der Waals surface area contributed by atoms with E-state index in [2.05, 4.69) is 240 Å². The Morgan fingerprint density at radius 2 is 1.05 bits per heavy atom. The van der Waals surface area contributed by atoms with Crippen molar-refractivity contribution in [3.8, 4) is 39.1 Å². The molecule has 1 aromatic heterocycles. The average molecular weight is 797 g/mol. The van der Waals surface area contributed by atoms with Crippen molar-refractivity contribution in [3.63, 3.8) is 0 Å². The van der Waals surface area contributed by atoms with Crippen molar-refractivity contribution in [2.75, 3.05) is 4.90 Å². The Kier molecular flexibility index (Phi) is 8.60. The topological polar surface area (TPSA) is 8.17 Å². The Bertz CT molecular complexity index is 3300. The first-order valence-electron chi connectivity index (χ1n) is 21.1. The first-order valence-corrected chi connectivity index (χ1v) is 22.0. The van der Waals surface area contributed by atoms with Crippen molar-refractivity contribution in [1.29, 1.82) is 0 Å². The van der Waals surface area contributed by atoms with Crippen molar-refractivity contribution in [2.24, 2.45) is 0 Å². The number of anilines is 3. The van der Waals surface area contributed by atoms with Crippen LogP contribution in [0.4, 0.5) is 17.1 Å². The number of fused-ring (bicyclic) bond motifs is 7. The zero-order valence-electron chi connectivity index (χ0n) is 33.4. The van der Waals surface area contributed by atoms with Crippen LogP contribution in [0.2, 0.25) is 0 Å². The summed E-state index contributed by atoms with van der Waals surface area (Å²) in [6.07, 6.45) is 9.12. The molecule has 288 valence electrons. The molecule has 61 heavy (non-hydrogen) atoms. The minimum absolute atomic E-state index is 0.349. The third-order valence-electron chi connectivity index (χ3n) is 12.5. The summed E-state index contributed by atoms with van der Waals surface area (Å²) < 4.78 is 2.43. The molecule has 2 nitrogen and oxygen atoms in total. The van der Waals surface area contributed by atoms with Crippen LogP contribution in [0.5, 0.6) is 0 Å². The molecule has 9 aromatic carbocycles. The fraction of sp³-hybridized carbons (Fsp3) is 0.0345. The Balaban J connectivity index is 1.05. The van der Waals surface area contributed by atoms with E-state index in [1.165, 1.54) is 82.1 Å². The maximum atomic E-state index is 2.49. The molecular formula is C58H40N2S. The molecule has 2 aliphatic rings. The van der Waals surface area contributed by atoms with Gasteiger partial charge in [-0.2, -0.15) is 0 Å². The quantitative estimate of drug-likeness (QED) is 0.159. The standard InChI is InChI=1S/C58H40N2S/c1-2-15-40(16-3-1)48-35-31-42(46-24-14-18-39-17-4-5-19-45(39)46)37-56(48)59(44-34-36-58-52(38-44)51-23-9-13-28-57(51)61-58)43-32-29-41(30-33-43)47-20-6-10-25-53(47)60-54-26-11-7-21-49(54)50-22-8-12-27-55(50)60/h1-38,51,57H. The lowest BCUT2D eigenvalue weighted by Crippen LogP contribution is -2.13. The molecule has 10 aromatic rings. The second-order valence-electron chi connectivity index (χ2n) is 16.0. The maximum Gasteiger partial charge on any atom is 0.0546 e. The molecule has 0 saturated carbocycles. The number of nitrogens with zero attached hydrogens (tertiary/aromatic N) is 2. The fourth-order valence-electron chi connectivity index (χ4n) is 9.70. The molecule has 1 aliphatic carbocycles. The fourth-order valence-corrected chi connectivity index (χ4v) is 11.0. The summed E-state index contributed by atoms with van der Waals surface area (Å²) in [5.41, 5.74) is 15.5. The average Bonchev–Trinajstić information content (AvgIpc) is 3.87. The molecule has 0 N–H and O–H groups in total. The van der Waals surface area contributed by atoms with Gasteiger partial charge in [0.15, 0.2) is 0 Å². The first-order chi connectivity index (χ1) is 30.3. The summed E-state index contributed by atoms with van der Waals surface area (Å²) in [5.74, 6) is 0.349. The summed E-state index contributed by atoms with van der Waals surface area (Å²) in [7, 11) is 0. The monoisotopic (exact) mass is 796 g/mol. The summed E-state index contributed by atoms with van der Waals surface area (Å²) in [6.45, 7) is 0. The highest BCUT2D eigenvalue weighted by Gasteiger charge is 2.32. The Hall–Kier alpha value is -7.33. The van der Waals surface area contributed by atoms with E-state index in [4.69, 9.17) is 0 Å². The SMILES string of the molecule is C1=CC2Sc3ccc(N(c4ccc(-c5ccccc5-n5c6ccccc6c6ccccc65)cc4)c4cc(-c5cccc6ccccc56)ccc4-c4ccccc4)cc3C2C=C1. The molecule has 1 aliphatic heterocycles. The van der Waals surface area contributed by atoms with E-state index in [0.29, 0.717) is 11.2 Å². The van der Waals surface area contributed by atoms with Crippen LogP contribution in [0.15, 0.2) is 235 Å². The smallest absolute Gasteiger partial charge is 0.0546 e. The summed E-state index contributed by atoms with van der Waals surface area (Å²) in [6, 6.07) is 75.9. The largest absolute Gasteiger partial charge is 0.310 e. The van der Waals surface area contributed by atoms with Crippen LogP contribution in [0.1, 0.15) is 11.5 Å². The number of hydrogen-bond acceptors (Lipinski definition) is 2. The number of benzene rings is 9. The van der Waals surface area contributed by atoms with Crippen LogP contribution in [-0.4, -0.2) is 9.82 Å². The molecule has 3 heteroatoms. The van der Waals surface area contributed by atoms with Crippen molar-refractivity contribution < 1.29 is 0 Å². The lowest BCUT2D eigenvalue weighted by molar-refractivity contribution is 0.880. The molecule has 0 bridgehead atoms. The van der Waals surface area contributed by atoms with Crippen molar-refractivity contribution in [3.05, 3.63) is 236 Å². The van der Waals surface area contributed by atoms with Crippen LogP contribution in [-0.2, 0) is 0 Å². The number of rotatable bonds is 7. The molecule has 0 radical (unpaired) electrons. The van der Waals surface area contributed by atoms with Crippen molar-refractivity contribution in [2.45, 2.75) is 16.1 Å². The molecule has 2 atom stereocenters. The highest BCUT2D eigenvalue weighted by atomic mass is 32.2. The van der Waals surface area contributed by atoms with Gasteiger partial charge in [-0.3, -0.25) is 0 Å². The summed E-state index contributed by atoms with van der Waals surface area (Å²) in [4.78, 5) is 3.85. The van der Waals surface area contributed by atoms with Gasteiger partial charge < -0.3 is 9.47 Å². The van der Waals surface area contributed by atoms with Gasteiger partial charge in [-0.25, -0.2) is 0 Å². The zero-order chi connectivity index (χ0) is 40.3. The second kappa shape index (κ2) is 14.7. The lowest BCUT2D eigenvalue weighted by Gasteiger charge is -2.29.